The zero-order chi connectivity index (χ0) is 17.9. The van der Waals surface area contributed by atoms with Gasteiger partial charge < -0.3 is 5.32 Å². The van der Waals surface area contributed by atoms with Gasteiger partial charge in [-0.1, -0.05) is 18.3 Å². The van der Waals surface area contributed by atoms with Gasteiger partial charge in [-0.3, -0.25) is 19.4 Å². The van der Waals surface area contributed by atoms with Crippen molar-refractivity contribution in [3.05, 3.63) is 3.95 Å². The lowest BCUT2D eigenvalue weighted by atomic mass is 10.4. The molecule has 0 saturated heterocycles. The molecule has 1 aromatic rings. The van der Waals surface area contributed by atoms with E-state index < -0.39 is 0 Å². The van der Waals surface area contributed by atoms with Crippen molar-refractivity contribution in [2.75, 3.05) is 18.5 Å². The minimum atomic E-state index is -0.0322. The maximum absolute atomic E-state index is 12.2. The number of carbonyl (C=O) groups is 2. The molecule has 0 aliphatic heterocycles. The maximum Gasteiger partial charge on any atom is 0.234 e. The van der Waals surface area contributed by atoms with Gasteiger partial charge in [-0.15, -0.1) is 5.10 Å². The third-order valence-electron chi connectivity index (χ3n) is 3.52. The summed E-state index contributed by atoms with van der Waals surface area (Å²) in [5.41, 5.74) is 0. The highest BCUT2D eigenvalue weighted by Gasteiger charge is 2.35. The summed E-state index contributed by atoms with van der Waals surface area (Å²) in [6.07, 6.45) is 2.50. The number of hydrogen-bond donors (Lipinski definition) is 1. The van der Waals surface area contributed by atoms with Crippen molar-refractivity contribution < 1.29 is 9.59 Å². The summed E-state index contributed by atoms with van der Waals surface area (Å²) in [6.45, 7) is 6.40. The minimum absolute atomic E-state index is 0.0322. The van der Waals surface area contributed by atoms with Crippen LogP contribution in [0.2, 0.25) is 0 Å². The second-order valence-corrected chi connectivity index (χ2v) is 7.98. The molecule has 7 nitrogen and oxygen atoms in total. The highest BCUT2D eigenvalue weighted by Crippen LogP contribution is 2.33. The number of hydrogen-bond acceptors (Lipinski definition) is 6. The Kier molecular flexibility index (Phi) is 6.47. The molecule has 1 fully saturated rings. The molecule has 0 radical (unpaired) electrons. The smallest absolute Gasteiger partial charge is 0.234 e. The summed E-state index contributed by atoms with van der Waals surface area (Å²) in [4.78, 5) is 27.6. The Balaban J connectivity index is 2.04. The van der Waals surface area contributed by atoms with Crippen LogP contribution in [0.5, 0.6) is 0 Å². The molecule has 0 unspecified atom stereocenters. The second kappa shape index (κ2) is 8.17. The van der Waals surface area contributed by atoms with Crippen molar-refractivity contribution in [3.8, 4) is 0 Å². The van der Waals surface area contributed by atoms with E-state index in [1.165, 1.54) is 11.3 Å². The molecule has 9 heteroatoms. The largest absolute Gasteiger partial charge is 0.353 e. The first-order valence-electron chi connectivity index (χ1n) is 8.19. The molecule has 0 atom stereocenters. The Morgan fingerprint density at radius 1 is 1.46 bits per heavy atom. The van der Waals surface area contributed by atoms with Crippen LogP contribution in [-0.2, 0) is 16.3 Å². The molecule has 1 N–H and O–H groups in total. The van der Waals surface area contributed by atoms with E-state index in [1.807, 2.05) is 32.7 Å². The van der Waals surface area contributed by atoms with E-state index in [0.717, 1.165) is 12.8 Å². The average molecular weight is 372 g/mol. The Hall–Kier alpha value is -1.32. The molecule has 1 saturated carbocycles. The summed E-state index contributed by atoms with van der Waals surface area (Å²) in [5, 5.41) is 8.03. The summed E-state index contributed by atoms with van der Waals surface area (Å²) in [5.74, 6) is 0.0494. The molecule has 2 rings (SSSR count). The number of nitrogens with one attached hydrogen (secondary N) is 1. The number of likely N-dealkylation sites (N-methyl/N-ethyl adjacent to an activating group) is 1. The molecule has 24 heavy (non-hydrogen) atoms. The first kappa shape index (κ1) is 19.0. The SMILES string of the molecule is CCC(=O)N(c1nn(CN(C)CC(=O)NC(C)C)c(=S)s1)C1CC1. The van der Waals surface area contributed by atoms with Crippen molar-refractivity contribution in [2.45, 2.75) is 58.8 Å². The molecule has 134 valence electrons. The number of aromatic nitrogens is 2. The van der Waals surface area contributed by atoms with Gasteiger partial charge in [0.1, 0.15) is 0 Å². The molecular formula is C15H25N5O2S2. The third-order valence-corrected chi connectivity index (χ3v) is 4.83. The number of amides is 2. The number of anilines is 1. The van der Waals surface area contributed by atoms with Crippen LogP contribution in [0.1, 0.15) is 40.0 Å². The lowest BCUT2D eigenvalue weighted by molar-refractivity contribution is -0.122. The van der Waals surface area contributed by atoms with Crippen LogP contribution in [-0.4, -0.2) is 52.2 Å². The van der Waals surface area contributed by atoms with Crippen molar-refractivity contribution >= 4 is 40.5 Å². The van der Waals surface area contributed by atoms with Gasteiger partial charge in [0, 0.05) is 18.5 Å². The first-order valence-corrected chi connectivity index (χ1v) is 9.42. The van der Waals surface area contributed by atoms with Crippen molar-refractivity contribution in [3.63, 3.8) is 0 Å². The molecular weight excluding hydrogens is 346 g/mol. The molecule has 1 aromatic heterocycles. The van der Waals surface area contributed by atoms with E-state index in [-0.39, 0.29) is 30.4 Å². The van der Waals surface area contributed by atoms with Crippen LogP contribution < -0.4 is 10.2 Å². The Labute approximate surface area is 151 Å². The van der Waals surface area contributed by atoms with E-state index in [1.54, 1.807) is 9.58 Å². The van der Waals surface area contributed by atoms with Gasteiger partial charge in [0.15, 0.2) is 3.95 Å². The molecule has 1 aliphatic carbocycles. The fourth-order valence-corrected chi connectivity index (χ4v) is 3.51. The zero-order valence-corrected chi connectivity index (χ0v) is 16.2. The van der Waals surface area contributed by atoms with Crippen molar-refractivity contribution in [2.24, 2.45) is 0 Å². The van der Waals surface area contributed by atoms with E-state index >= 15 is 0 Å². The van der Waals surface area contributed by atoms with Gasteiger partial charge >= 0.3 is 0 Å². The fourth-order valence-electron chi connectivity index (χ4n) is 2.34. The Bertz CT molecular complexity index is 651. The van der Waals surface area contributed by atoms with Gasteiger partial charge in [0.05, 0.1) is 13.2 Å². The monoisotopic (exact) mass is 371 g/mol. The Morgan fingerprint density at radius 3 is 2.67 bits per heavy atom. The number of rotatable bonds is 8. The summed E-state index contributed by atoms with van der Waals surface area (Å²) in [7, 11) is 1.84. The predicted molar refractivity (Wildman–Crippen MR) is 97.6 cm³/mol. The zero-order valence-electron chi connectivity index (χ0n) is 14.6. The lowest BCUT2D eigenvalue weighted by Crippen LogP contribution is -2.39. The first-order chi connectivity index (χ1) is 11.3. The van der Waals surface area contributed by atoms with E-state index in [9.17, 15) is 9.59 Å². The number of nitrogens with zero attached hydrogens (tertiary/aromatic N) is 4. The Morgan fingerprint density at radius 2 is 2.12 bits per heavy atom. The molecule has 0 aromatic carbocycles. The molecule has 0 spiro atoms. The molecule has 1 aliphatic rings. The van der Waals surface area contributed by atoms with Gasteiger partial charge in [-0.05, 0) is 46.0 Å². The van der Waals surface area contributed by atoms with Crippen LogP contribution in [0.4, 0.5) is 5.13 Å². The highest BCUT2D eigenvalue weighted by molar-refractivity contribution is 7.73. The van der Waals surface area contributed by atoms with Crippen molar-refractivity contribution in [1.82, 2.24) is 20.0 Å². The van der Waals surface area contributed by atoms with E-state index in [4.69, 9.17) is 12.2 Å². The second-order valence-electron chi connectivity index (χ2n) is 6.38. The highest BCUT2D eigenvalue weighted by atomic mass is 32.1. The van der Waals surface area contributed by atoms with Gasteiger partial charge in [-0.2, -0.15) is 0 Å². The number of carbonyl (C=O) groups excluding carboxylic acids is 2. The van der Waals surface area contributed by atoms with E-state index in [2.05, 4.69) is 10.4 Å². The minimum Gasteiger partial charge on any atom is -0.353 e. The van der Waals surface area contributed by atoms with Gasteiger partial charge in [0.2, 0.25) is 16.9 Å². The third kappa shape index (κ3) is 5.09. The van der Waals surface area contributed by atoms with Crippen LogP contribution >= 0.6 is 23.6 Å². The molecule has 1 heterocycles. The quantitative estimate of drug-likeness (QED) is 0.708. The van der Waals surface area contributed by atoms with Gasteiger partial charge in [-0.25, -0.2) is 4.68 Å². The fraction of sp³-hybridized carbons (Fsp3) is 0.733. The molecule has 0 bridgehead atoms. The van der Waals surface area contributed by atoms with Crippen LogP contribution in [0.25, 0.3) is 0 Å². The summed E-state index contributed by atoms with van der Waals surface area (Å²) >= 11 is 6.73. The van der Waals surface area contributed by atoms with Crippen LogP contribution in [0.3, 0.4) is 0 Å². The summed E-state index contributed by atoms with van der Waals surface area (Å²) in [6, 6.07) is 0.382. The molecule has 2 amide bonds. The standard InChI is InChI=1S/C15H25N5O2S2/c1-5-13(22)20(11-6-7-11)14-17-19(15(23)24-14)9-18(4)8-12(21)16-10(2)3/h10-11H,5-9H2,1-4H3,(H,16,21). The van der Waals surface area contributed by atoms with Crippen molar-refractivity contribution in [1.29, 1.82) is 0 Å². The van der Waals surface area contributed by atoms with Crippen LogP contribution in [0.15, 0.2) is 0 Å². The predicted octanol–water partition coefficient (Wildman–Crippen LogP) is 1.99. The van der Waals surface area contributed by atoms with Crippen LogP contribution in [0, 0.1) is 3.95 Å². The lowest BCUT2D eigenvalue weighted by Gasteiger charge is -2.19. The maximum atomic E-state index is 12.2. The normalized spacial score (nSPS) is 14.2. The average Bonchev–Trinajstić information content (AvgIpc) is 3.23. The summed E-state index contributed by atoms with van der Waals surface area (Å²) < 4.78 is 2.28. The van der Waals surface area contributed by atoms with E-state index in [0.29, 0.717) is 22.2 Å². The topological polar surface area (TPSA) is 70.5 Å². The van der Waals surface area contributed by atoms with Gasteiger partial charge in [0.25, 0.3) is 0 Å².